The highest BCUT2D eigenvalue weighted by Gasteiger charge is 2.11. The number of halogens is 2. The molecule has 0 amide bonds. The molecule has 0 radical (unpaired) electrons. The molecule has 0 unspecified atom stereocenters. The molecule has 10 heteroatoms. The SMILES string of the molecule is Cc1cc(N(C)c2cccnc2)nc(/N=C(\N)N(C)c2ccc(OC(F)F)cc2)n1. The van der Waals surface area contributed by atoms with Gasteiger partial charge in [0.05, 0.1) is 11.9 Å². The second-order valence-electron chi connectivity index (χ2n) is 6.34. The molecule has 0 spiro atoms. The van der Waals surface area contributed by atoms with Crippen LogP contribution in [0.25, 0.3) is 0 Å². The van der Waals surface area contributed by atoms with Gasteiger partial charge in [-0.1, -0.05) is 0 Å². The van der Waals surface area contributed by atoms with Crippen molar-refractivity contribution in [3.63, 3.8) is 0 Å². The van der Waals surface area contributed by atoms with Gasteiger partial charge >= 0.3 is 6.61 Å². The first-order valence-electron chi connectivity index (χ1n) is 8.95. The summed E-state index contributed by atoms with van der Waals surface area (Å²) in [6.45, 7) is -1.04. The van der Waals surface area contributed by atoms with Crippen molar-refractivity contribution in [1.82, 2.24) is 15.0 Å². The van der Waals surface area contributed by atoms with Crippen LogP contribution in [0.5, 0.6) is 5.75 Å². The van der Waals surface area contributed by atoms with Gasteiger partial charge in [-0.05, 0) is 43.3 Å². The van der Waals surface area contributed by atoms with Crippen molar-refractivity contribution >= 4 is 29.1 Å². The summed E-state index contributed by atoms with van der Waals surface area (Å²) in [4.78, 5) is 20.7. The molecule has 1 aromatic carbocycles. The highest BCUT2D eigenvalue weighted by molar-refractivity contribution is 5.95. The van der Waals surface area contributed by atoms with Gasteiger partial charge in [0, 0.05) is 37.7 Å². The highest BCUT2D eigenvalue weighted by Crippen LogP contribution is 2.24. The zero-order valence-electron chi connectivity index (χ0n) is 16.7. The zero-order valence-corrected chi connectivity index (χ0v) is 16.7. The molecule has 2 N–H and O–H groups in total. The maximum Gasteiger partial charge on any atom is 0.387 e. The zero-order chi connectivity index (χ0) is 21.7. The van der Waals surface area contributed by atoms with Crippen molar-refractivity contribution < 1.29 is 13.5 Å². The Balaban J connectivity index is 1.82. The lowest BCUT2D eigenvalue weighted by atomic mass is 10.3. The van der Waals surface area contributed by atoms with E-state index >= 15 is 0 Å². The minimum absolute atomic E-state index is 0.0581. The molecule has 0 aliphatic carbocycles. The Hall–Kier alpha value is -3.82. The van der Waals surface area contributed by atoms with Gasteiger partial charge in [-0.2, -0.15) is 18.8 Å². The second kappa shape index (κ2) is 9.12. The third-order valence-electron chi connectivity index (χ3n) is 4.21. The van der Waals surface area contributed by atoms with Crippen molar-refractivity contribution in [2.45, 2.75) is 13.5 Å². The van der Waals surface area contributed by atoms with Crippen molar-refractivity contribution in [3.05, 3.63) is 60.6 Å². The first-order valence-corrected chi connectivity index (χ1v) is 8.95. The van der Waals surface area contributed by atoms with E-state index in [9.17, 15) is 8.78 Å². The molecule has 0 bridgehead atoms. The number of guanidine groups is 1. The molecule has 0 aliphatic heterocycles. The van der Waals surface area contributed by atoms with Gasteiger partial charge in [0.2, 0.25) is 5.96 Å². The van der Waals surface area contributed by atoms with E-state index in [1.807, 2.05) is 37.1 Å². The number of hydrogen-bond donors (Lipinski definition) is 1. The van der Waals surface area contributed by atoms with E-state index < -0.39 is 6.61 Å². The van der Waals surface area contributed by atoms with E-state index in [2.05, 4.69) is 24.7 Å². The van der Waals surface area contributed by atoms with Crippen LogP contribution in [0.1, 0.15) is 5.69 Å². The molecule has 156 valence electrons. The predicted octanol–water partition coefficient (Wildman–Crippen LogP) is 3.63. The van der Waals surface area contributed by atoms with Crippen LogP contribution in [0.3, 0.4) is 0 Å². The number of aryl methyl sites for hydroxylation is 1. The number of rotatable bonds is 6. The van der Waals surface area contributed by atoms with Gasteiger partial charge in [-0.3, -0.25) is 4.98 Å². The average Bonchev–Trinajstić information content (AvgIpc) is 2.73. The fourth-order valence-corrected chi connectivity index (χ4v) is 2.60. The van der Waals surface area contributed by atoms with E-state index in [4.69, 9.17) is 5.73 Å². The number of nitrogens with two attached hydrogens (primary N) is 1. The van der Waals surface area contributed by atoms with Gasteiger partial charge in [0.1, 0.15) is 11.6 Å². The number of hydrogen-bond acceptors (Lipinski definition) is 6. The first kappa shape index (κ1) is 20.9. The fraction of sp³-hybridized carbons (Fsp3) is 0.200. The maximum atomic E-state index is 12.3. The molecule has 2 heterocycles. The molecule has 3 aromatic rings. The second-order valence-corrected chi connectivity index (χ2v) is 6.34. The topological polar surface area (TPSA) is 92.8 Å². The third kappa shape index (κ3) is 5.16. The standard InChI is InChI=1S/C20H21F2N7O/c1-13-11-17(28(2)15-5-4-10-24-12-15)26-20(25-13)27-19(23)29(3)14-6-8-16(9-7-14)30-18(21)22/h4-12,18H,1-3H3,(H2,23,25,26,27). The minimum atomic E-state index is -2.88. The van der Waals surface area contributed by atoms with Crippen molar-refractivity contribution in [3.8, 4) is 5.75 Å². The summed E-state index contributed by atoms with van der Waals surface area (Å²) in [6, 6.07) is 11.6. The van der Waals surface area contributed by atoms with Gasteiger partial charge in [0.25, 0.3) is 5.95 Å². The Morgan fingerprint density at radius 3 is 2.47 bits per heavy atom. The molecule has 2 aromatic heterocycles. The van der Waals surface area contributed by atoms with E-state index in [1.165, 1.54) is 12.1 Å². The van der Waals surface area contributed by atoms with E-state index in [-0.39, 0.29) is 17.7 Å². The lowest BCUT2D eigenvalue weighted by Crippen LogP contribution is -2.33. The molecule has 8 nitrogen and oxygen atoms in total. The van der Waals surface area contributed by atoms with E-state index in [0.29, 0.717) is 11.5 Å². The minimum Gasteiger partial charge on any atom is -0.435 e. The van der Waals surface area contributed by atoms with Gasteiger partial charge < -0.3 is 20.3 Å². The number of aliphatic imine (C=N–C) groups is 1. The Labute approximate surface area is 172 Å². The number of ether oxygens (including phenoxy) is 1. The fourth-order valence-electron chi connectivity index (χ4n) is 2.60. The summed E-state index contributed by atoms with van der Waals surface area (Å²) in [5, 5.41) is 0. The molecule has 0 atom stereocenters. The van der Waals surface area contributed by atoms with Crippen molar-refractivity contribution in [2.24, 2.45) is 10.7 Å². The number of anilines is 3. The molecule has 0 fully saturated rings. The van der Waals surface area contributed by atoms with Crippen LogP contribution in [0.15, 0.2) is 59.9 Å². The van der Waals surface area contributed by atoms with E-state index in [0.717, 1.165) is 11.4 Å². The number of benzene rings is 1. The van der Waals surface area contributed by atoms with Gasteiger partial charge in [-0.25, -0.2) is 4.98 Å². The van der Waals surface area contributed by atoms with Crippen molar-refractivity contribution in [1.29, 1.82) is 0 Å². The Kier molecular flexibility index (Phi) is 6.35. The smallest absolute Gasteiger partial charge is 0.387 e. The van der Waals surface area contributed by atoms with Crippen LogP contribution in [0, 0.1) is 6.92 Å². The third-order valence-corrected chi connectivity index (χ3v) is 4.21. The first-order chi connectivity index (χ1) is 14.3. The predicted molar refractivity (Wildman–Crippen MR) is 112 cm³/mol. The molecule has 30 heavy (non-hydrogen) atoms. The van der Waals surface area contributed by atoms with E-state index in [1.54, 1.807) is 36.5 Å². The molecule has 0 aliphatic rings. The summed E-state index contributed by atoms with van der Waals surface area (Å²) in [7, 11) is 3.56. The number of pyridine rings is 1. The molecule has 0 saturated heterocycles. The average molecular weight is 413 g/mol. The lowest BCUT2D eigenvalue weighted by Gasteiger charge is -2.20. The summed E-state index contributed by atoms with van der Waals surface area (Å²) in [6.07, 6.45) is 3.42. The van der Waals surface area contributed by atoms with Gasteiger partial charge in [0.15, 0.2) is 0 Å². The molecule has 0 saturated carbocycles. The number of alkyl halides is 2. The van der Waals surface area contributed by atoms with Crippen LogP contribution in [-0.4, -0.2) is 41.6 Å². The highest BCUT2D eigenvalue weighted by atomic mass is 19.3. The summed E-state index contributed by atoms with van der Waals surface area (Å²) in [5.74, 6) is 1.03. The van der Waals surface area contributed by atoms with Crippen molar-refractivity contribution in [2.75, 3.05) is 23.9 Å². The largest absolute Gasteiger partial charge is 0.435 e. The van der Waals surface area contributed by atoms with Crippen LogP contribution in [0.4, 0.5) is 31.9 Å². The van der Waals surface area contributed by atoms with Crippen LogP contribution in [0.2, 0.25) is 0 Å². The van der Waals surface area contributed by atoms with Crippen LogP contribution >= 0.6 is 0 Å². The van der Waals surface area contributed by atoms with Crippen LogP contribution in [-0.2, 0) is 0 Å². The number of aromatic nitrogens is 3. The summed E-state index contributed by atoms with van der Waals surface area (Å²) in [5.41, 5.74) is 8.33. The quantitative estimate of drug-likeness (QED) is 0.487. The Morgan fingerprint density at radius 2 is 1.83 bits per heavy atom. The maximum absolute atomic E-state index is 12.3. The van der Waals surface area contributed by atoms with Crippen LogP contribution < -0.4 is 20.3 Å². The monoisotopic (exact) mass is 413 g/mol. The summed E-state index contributed by atoms with van der Waals surface area (Å²) < 4.78 is 28.9. The lowest BCUT2D eigenvalue weighted by molar-refractivity contribution is -0.0498. The van der Waals surface area contributed by atoms with Gasteiger partial charge in [-0.15, -0.1) is 0 Å². The number of nitrogens with zero attached hydrogens (tertiary/aromatic N) is 6. The molecule has 3 rings (SSSR count). The normalized spacial score (nSPS) is 11.5. The molecular weight excluding hydrogens is 392 g/mol. The summed E-state index contributed by atoms with van der Waals surface area (Å²) >= 11 is 0. The Morgan fingerprint density at radius 1 is 1.10 bits per heavy atom. The Bertz CT molecular complexity index is 1010. The molecular formula is C20H21F2N7O.